The van der Waals surface area contributed by atoms with Gasteiger partial charge in [0.25, 0.3) is 0 Å². The van der Waals surface area contributed by atoms with Gasteiger partial charge in [0.1, 0.15) is 0 Å². The SMILES string of the molecule is C=Cc1ccc([Si](O[Si](C)(C)CC[Si]O[Si](C)(C)C)(O[Si](C)(C)CC[Si]O[Si](C)(C)C)O[Si](C)(C)CC[Si](O[Si](C)(C)C)(O[Si](C)(C)C)O[Si](C)(C)C)cc1. The van der Waals surface area contributed by atoms with Gasteiger partial charge in [-0.2, -0.15) is 0 Å². The highest BCUT2D eigenvalue weighted by Gasteiger charge is 2.56. The van der Waals surface area contributed by atoms with Crippen LogP contribution in [-0.4, -0.2) is 104 Å². The third-order valence-electron chi connectivity index (χ3n) is 7.57. The Bertz CT molecular complexity index is 1240. The molecule has 0 aliphatic rings. The molecule has 0 N–H and O–H groups in total. The molecule has 318 valence electrons. The van der Waals surface area contributed by atoms with Gasteiger partial charge in [0.2, 0.25) is 19.5 Å². The first kappa shape index (κ1) is 54.3. The largest absolute Gasteiger partial charge is 0.505 e. The Morgan fingerprint density at radius 2 is 0.764 bits per heavy atom. The summed E-state index contributed by atoms with van der Waals surface area (Å²) in [7, 11) is -22.2. The highest BCUT2D eigenvalue weighted by molar-refractivity contribution is 6.97. The molecule has 0 saturated carbocycles. The van der Waals surface area contributed by atoms with Crippen LogP contribution in [0.15, 0.2) is 30.8 Å². The molecule has 55 heavy (non-hydrogen) atoms. The number of hydrogen-bond acceptors (Lipinski definition) is 8. The fourth-order valence-electron chi connectivity index (χ4n) is 5.62. The van der Waals surface area contributed by atoms with E-state index in [1.54, 1.807) is 0 Å². The molecule has 20 heteroatoms. The minimum absolute atomic E-state index is 0.481. The predicted octanol–water partition coefficient (Wildman–Crippen LogP) is 11.4. The van der Waals surface area contributed by atoms with Crippen molar-refractivity contribution in [3.05, 3.63) is 36.4 Å². The van der Waals surface area contributed by atoms with Gasteiger partial charge < -0.3 is 32.9 Å². The fourth-order valence-corrected chi connectivity index (χ4v) is 46.8. The second-order valence-corrected chi connectivity index (χ2v) is 66.4. The molecule has 0 saturated heterocycles. The van der Waals surface area contributed by atoms with Gasteiger partial charge in [-0.25, -0.2) is 0 Å². The highest BCUT2D eigenvalue weighted by atomic mass is 28.5. The fraction of sp³-hybridized carbons (Fsp3) is 0.771. The van der Waals surface area contributed by atoms with Crippen LogP contribution in [-0.2, 0) is 32.9 Å². The van der Waals surface area contributed by atoms with E-state index >= 15 is 0 Å². The standard InChI is InChI=1S/C35H82O8Si12/c1-23-34-24-26-35(27-25-34)55(41-51(17,18)30-28-44-36-46(2,3)4,42-52(19,20)31-29-45-37-47(5,6)7)43-53(21,22)32-33-54(38-48(8,9)10,39-49(11,12)13)40-50(14,15)16/h23-27H,1,28-33H2,2-22H3. The molecule has 1 aromatic carbocycles. The van der Waals surface area contributed by atoms with Gasteiger partial charge in [-0.3, -0.25) is 0 Å². The molecule has 0 amide bonds. The van der Waals surface area contributed by atoms with Crippen LogP contribution in [0.1, 0.15) is 5.56 Å². The zero-order valence-corrected chi connectivity index (χ0v) is 51.1. The van der Waals surface area contributed by atoms with E-state index in [0.29, 0.717) is 19.5 Å². The number of benzene rings is 1. The maximum atomic E-state index is 7.79. The lowest BCUT2D eigenvalue weighted by atomic mass is 10.2. The molecule has 1 aromatic rings. The van der Waals surface area contributed by atoms with E-state index in [9.17, 15) is 0 Å². The molecule has 0 aliphatic carbocycles. The van der Waals surface area contributed by atoms with Crippen LogP contribution < -0.4 is 5.19 Å². The van der Waals surface area contributed by atoms with Gasteiger partial charge in [0.15, 0.2) is 66.5 Å². The molecule has 0 atom stereocenters. The van der Waals surface area contributed by atoms with Crippen molar-refractivity contribution in [3.8, 4) is 0 Å². The summed E-state index contributed by atoms with van der Waals surface area (Å²) in [6.07, 6.45) is 1.89. The van der Waals surface area contributed by atoms with Crippen molar-refractivity contribution in [2.45, 2.75) is 174 Å². The lowest BCUT2D eigenvalue weighted by Crippen LogP contribution is -2.68. The normalized spacial score (nSPS) is 14.8. The molecule has 0 unspecified atom stereocenters. The summed E-state index contributed by atoms with van der Waals surface area (Å²) in [6, 6.07) is 14.1. The summed E-state index contributed by atoms with van der Waals surface area (Å²) < 4.78 is 57.2. The van der Waals surface area contributed by atoms with Crippen LogP contribution in [0.4, 0.5) is 0 Å². The minimum atomic E-state index is -3.53. The molecule has 0 aliphatic heterocycles. The van der Waals surface area contributed by atoms with Crippen molar-refractivity contribution in [2.75, 3.05) is 0 Å². The van der Waals surface area contributed by atoms with Crippen molar-refractivity contribution >= 4 is 115 Å². The lowest BCUT2D eigenvalue weighted by molar-refractivity contribution is 0.249. The Morgan fingerprint density at radius 1 is 0.436 bits per heavy atom. The second-order valence-electron chi connectivity index (χ2n) is 21.5. The average Bonchev–Trinajstić information content (AvgIpc) is 2.92. The predicted molar refractivity (Wildman–Crippen MR) is 266 cm³/mol. The van der Waals surface area contributed by atoms with Gasteiger partial charge in [-0.1, -0.05) is 36.9 Å². The van der Waals surface area contributed by atoms with Gasteiger partial charge in [0, 0.05) is 11.2 Å². The third-order valence-corrected chi connectivity index (χ3v) is 43.2. The monoisotopic (exact) mass is 966 g/mol. The Balaban J connectivity index is 3.86. The Kier molecular flexibility index (Phi) is 20.6. The minimum Gasteiger partial charge on any atom is -0.456 e. The molecule has 8 nitrogen and oxygen atoms in total. The van der Waals surface area contributed by atoms with Crippen molar-refractivity contribution in [1.29, 1.82) is 0 Å². The van der Waals surface area contributed by atoms with Crippen LogP contribution >= 0.6 is 0 Å². The summed E-state index contributed by atoms with van der Waals surface area (Å²) in [5, 5.41) is 1.04. The first-order valence-corrected chi connectivity index (χ1v) is 52.4. The van der Waals surface area contributed by atoms with E-state index in [-0.39, 0.29) is 0 Å². The molecule has 1 rings (SSSR count). The quantitative estimate of drug-likeness (QED) is 0.0638. The first-order valence-electron chi connectivity index (χ1n) is 20.2. The van der Waals surface area contributed by atoms with Crippen LogP contribution in [0.3, 0.4) is 0 Å². The molecular weight excluding hydrogens is 885 g/mol. The molecule has 0 fully saturated rings. The average molecular weight is 968 g/mol. The van der Waals surface area contributed by atoms with E-state index in [0.717, 1.165) is 47.0 Å². The third kappa shape index (κ3) is 24.3. The van der Waals surface area contributed by atoms with Crippen molar-refractivity contribution in [1.82, 2.24) is 0 Å². The molecule has 4 radical (unpaired) electrons. The smallest absolute Gasteiger partial charge is 0.456 e. The van der Waals surface area contributed by atoms with Crippen molar-refractivity contribution in [3.63, 3.8) is 0 Å². The second kappa shape index (κ2) is 20.9. The zero-order chi connectivity index (χ0) is 43.0. The first-order chi connectivity index (χ1) is 24.4. The van der Waals surface area contributed by atoms with Gasteiger partial charge in [-0.15, -0.1) is 0 Å². The Labute approximate surface area is 355 Å². The van der Waals surface area contributed by atoms with Crippen molar-refractivity contribution < 1.29 is 32.9 Å². The van der Waals surface area contributed by atoms with E-state index in [1.165, 1.54) is 0 Å². The van der Waals surface area contributed by atoms with Gasteiger partial charge >= 0.3 is 17.6 Å². The zero-order valence-electron chi connectivity index (χ0n) is 39.1. The van der Waals surface area contributed by atoms with Gasteiger partial charge in [0.05, 0.1) is 0 Å². The van der Waals surface area contributed by atoms with Crippen LogP contribution in [0, 0.1) is 0 Å². The summed E-state index contributed by atoms with van der Waals surface area (Å²) in [6.45, 7) is 51.9. The van der Waals surface area contributed by atoms with Gasteiger partial charge in [-0.05, 0) is 173 Å². The highest BCUT2D eigenvalue weighted by Crippen LogP contribution is 2.36. The summed E-state index contributed by atoms with van der Waals surface area (Å²) >= 11 is 0. The van der Waals surface area contributed by atoms with E-state index in [2.05, 4.69) is 168 Å². The maximum absolute atomic E-state index is 7.79. The number of hydrogen-bond donors (Lipinski definition) is 0. The van der Waals surface area contributed by atoms with Crippen LogP contribution in [0.2, 0.25) is 174 Å². The molecule has 0 heterocycles. The molecule has 0 bridgehead atoms. The molecular formula is C35H82O8Si12. The molecule has 0 aromatic heterocycles. The van der Waals surface area contributed by atoms with Crippen LogP contribution in [0.25, 0.3) is 6.08 Å². The van der Waals surface area contributed by atoms with E-state index in [4.69, 9.17) is 32.9 Å². The maximum Gasteiger partial charge on any atom is 0.505 e. The van der Waals surface area contributed by atoms with E-state index < -0.39 is 84.1 Å². The lowest BCUT2D eigenvalue weighted by Gasteiger charge is -2.46. The Morgan fingerprint density at radius 3 is 1.05 bits per heavy atom. The summed E-state index contributed by atoms with van der Waals surface area (Å²) in [4.78, 5) is 0. The molecule has 0 spiro atoms. The topological polar surface area (TPSA) is 73.8 Å². The van der Waals surface area contributed by atoms with E-state index in [1.807, 2.05) is 6.08 Å². The summed E-state index contributed by atoms with van der Waals surface area (Å²) in [5.74, 6) is 0. The van der Waals surface area contributed by atoms with Crippen molar-refractivity contribution in [2.24, 2.45) is 0 Å². The van der Waals surface area contributed by atoms with Crippen LogP contribution in [0.5, 0.6) is 0 Å². The Hall–Kier alpha value is 1.24. The number of rotatable bonds is 27. The summed E-state index contributed by atoms with van der Waals surface area (Å²) in [5.41, 5.74) is 1.07.